The number of hydrogen-bond acceptors (Lipinski definition) is 3. The van der Waals surface area contributed by atoms with Gasteiger partial charge < -0.3 is 10.5 Å². The van der Waals surface area contributed by atoms with Crippen molar-refractivity contribution < 1.29 is 4.74 Å². The first-order valence-electron chi connectivity index (χ1n) is 5.11. The summed E-state index contributed by atoms with van der Waals surface area (Å²) in [6.07, 6.45) is 6.30. The third-order valence-electron chi connectivity index (χ3n) is 2.92. The molecule has 1 aliphatic carbocycles. The fraction of sp³-hybridized carbons (Fsp3) is 0.364. The average Bonchev–Trinajstić information content (AvgIpc) is 2.99. The van der Waals surface area contributed by atoms with Crippen LogP contribution in [0.4, 0.5) is 5.69 Å². The molecule has 16 heavy (non-hydrogen) atoms. The van der Waals surface area contributed by atoms with Crippen LogP contribution in [0.5, 0.6) is 5.75 Å². The highest BCUT2D eigenvalue weighted by atomic mass is 35.5. The first kappa shape index (κ1) is 11.1. The van der Waals surface area contributed by atoms with E-state index in [-0.39, 0.29) is 12.4 Å². The van der Waals surface area contributed by atoms with Crippen molar-refractivity contribution in [2.45, 2.75) is 18.8 Å². The number of nitrogens with two attached hydrogens (primary N) is 1. The quantitative estimate of drug-likeness (QED) is 0.874. The molecule has 0 atom stereocenters. The van der Waals surface area contributed by atoms with Crippen LogP contribution >= 0.6 is 12.4 Å². The molecule has 0 radical (unpaired) electrons. The number of ether oxygens (including phenoxy) is 1. The minimum Gasteiger partial charge on any atom is -0.492 e. The van der Waals surface area contributed by atoms with Gasteiger partial charge in [-0.25, -0.2) is 4.52 Å². The molecule has 2 aromatic rings. The number of pyridine rings is 1. The SMILES string of the molecule is COc1c(N)ccn2ncc(C3CC3)c12.Cl. The number of nitrogens with zero attached hydrogens (tertiary/aromatic N) is 2. The van der Waals surface area contributed by atoms with Crippen molar-refractivity contribution in [2.75, 3.05) is 12.8 Å². The number of aromatic nitrogens is 2. The van der Waals surface area contributed by atoms with Gasteiger partial charge in [-0.3, -0.25) is 0 Å². The summed E-state index contributed by atoms with van der Waals surface area (Å²) < 4.78 is 7.19. The molecule has 0 aliphatic heterocycles. The summed E-state index contributed by atoms with van der Waals surface area (Å²) in [5.74, 6) is 1.40. The predicted octanol–water partition coefficient (Wildman–Crippen LogP) is 2.22. The van der Waals surface area contributed by atoms with E-state index in [1.165, 1.54) is 18.4 Å². The van der Waals surface area contributed by atoms with Gasteiger partial charge in [0.2, 0.25) is 0 Å². The zero-order valence-electron chi connectivity index (χ0n) is 9.01. The molecule has 1 saturated carbocycles. The normalized spacial score (nSPS) is 14.8. The zero-order valence-corrected chi connectivity index (χ0v) is 9.83. The Balaban J connectivity index is 0.000000963. The maximum absolute atomic E-state index is 5.88. The molecule has 0 amide bonds. The lowest BCUT2D eigenvalue weighted by atomic mass is 10.1. The van der Waals surface area contributed by atoms with Gasteiger partial charge in [0, 0.05) is 11.8 Å². The van der Waals surface area contributed by atoms with Gasteiger partial charge in [0.05, 0.1) is 19.0 Å². The van der Waals surface area contributed by atoms with Gasteiger partial charge in [-0.05, 0) is 24.8 Å². The molecule has 0 spiro atoms. The zero-order chi connectivity index (χ0) is 10.4. The molecule has 5 heteroatoms. The van der Waals surface area contributed by atoms with Gasteiger partial charge in [0.15, 0.2) is 5.75 Å². The van der Waals surface area contributed by atoms with Gasteiger partial charge in [-0.2, -0.15) is 5.10 Å². The fourth-order valence-electron chi connectivity index (χ4n) is 1.99. The monoisotopic (exact) mass is 239 g/mol. The van der Waals surface area contributed by atoms with Crippen LogP contribution < -0.4 is 10.5 Å². The Bertz CT molecular complexity index is 519. The third kappa shape index (κ3) is 1.50. The van der Waals surface area contributed by atoms with E-state index in [0.717, 1.165) is 11.3 Å². The highest BCUT2D eigenvalue weighted by Gasteiger charge is 2.28. The predicted molar refractivity (Wildman–Crippen MR) is 65.4 cm³/mol. The molecule has 2 N–H and O–H groups in total. The summed E-state index contributed by atoms with van der Waals surface area (Å²) in [6.45, 7) is 0. The van der Waals surface area contributed by atoms with Crippen LogP contribution in [0.3, 0.4) is 0 Å². The fourth-order valence-corrected chi connectivity index (χ4v) is 1.99. The van der Waals surface area contributed by atoms with Gasteiger partial charge in [0.25, 0.3) is 0 Å². The first-order valence-corrected chi connectivity index (χ1v) is 5.11. The molecule has 1 aliphatic rings. The largest absolute Gasteiger partial charge is 0.492 e. The molecule has 0 bridgehead atoms. The molecule has 0 aromatic carbocycles. The van der Waals surface area contributed by atoms with E-state index in [1.807, 2.05) is 23.0 Å². The summed E-state index contributed by atoms with van der Waals surface area (Å²) in [4.78, 5) is 0. The van der Waals surface area contributed by atoms with Gasteiger partial charge in [0.1, 0.15) is 5.52 Å². The molecular weight excluding hydrogens is 226 g/mol. The van der Waals surface area contributed by atoms with Gasteiger partial charge >= 0.3 is 0 Å². The Labute approximate surface area is 99.8 Å². The van der Waals surface area contributed by atoms with Gasteiger partial charge in [-0.15, -0.1) is 12.4 Å². The molecule has 2 heterocycles. The number of halogens is 1. The summed E-state index contributed by atoms with van der Waals surface area (Å²) in [5.41, 5.74) is 8.84. The van der Waals surface area contributed by atoms with E-state index in [9.17, 15) is 0 Å². The average molecular weight is 240 g/mol. The summed E-state index contributed by atoms with van der Waals surface area (Å²) in [5, 5.41) is 4.31. The molecule has 2 aromatic heterocycles. The summed E-state index contributed by atoms with van der Waals surface area (Å²) in [6, 6.07) is 1.81. The van der Waals surface area contributed by atoms with E-state index in [4.69, 9.17) is 10.5 Å². The van der Waals surface area contributed by atoms with Crippen molar-refractivity contribution in [1.82, 2.24) is 9.61 Å². The number of anilines is 1. The number of methoxy groups -OCH3 is 1. The topological polar surface area (TPSA) is 52.5 Å². The molecular formula is C11H14ClN3O. The van der Waals surface area contributed by atoms with E-state index >= 15 is 0 Å². The number of nitrogen functional groups attached to an aromatic ring is 1. The summed E-state index contributed by atoms with van der Waals surface area (Å²) in [7, 11) is 1.65. The van der Waals surface area contributed by atoms with Crippen LogP contribution in [0.25, 0.3) is 5.52 Å². The van der Waals surface area contributed by atoms with Gasteiger partial charge in [-0.1, -0.05) is 0 Å². The lowest BCUT2D eigenvalue weighted by Gasteiger charge is -2.07. The Morgan fingerprint density at radius 1 is 1.50 bits per heavy atom. The molecule has 4 nitrogen and oxygen atoms in total. The standard InChI is InChI=1S/C11H13N3O.ClH/c1-15-11-9(12)4-5-14-10(11)8(6-13-14)7-2-3-7;/h4-7H,2-3,12H2,1H3;1H. The number of fused-ring (bicyclic) bond motifs is 1. The van der Waals surface area contributed by atoms with Crippen LogP contribution in [0.2, 0.25) is 0 Å². The van der Waals surface area contributed by atoms with E-state index < -0.39 is 0 Å². The smallest absolute Gasteiger partial charge is 0.167 e. The van der Waals surface area contributed by atoms with E-state index in [1.54, 1.807) is 7.11 Å². The van der Waals surface area contributed by atoms with E-state index in [2.05, 4.69) is 5.10 Å². The first-order chi connectivity index (χ1) is 7.31. The molecule has 1 fully saturated rings. The Kier molecular flexibility index (Phi) is 2.68. The van der Waals surface area contributed by atoms with Crippen LogP contribution in [0, 0.1) is 0 Å². The van der Waals surface area contributed by atoms with Crippen LogP contribution in [-0.4, -0.2) is 16.7 Å². The second-order valence-corrected chi connectivity index (χ2v) is 3.97. The Morgan fingerprint density at radius 3 is 2.88 bits per heavy atom. The van der Waals surface area contributed by atoms with Crippen molar-refractivity contribution >= 4 is 23.6 Å². The minimum absolute atomic E-state index is 0. The molecule has 0 unspecified atom stereocenters. The Morgan fingerprint density at radius 2 is 2.25 bits per heavy atom. The maximum Gasteiger partial charge on any atom is 0.167 e. The Hall–Kier alpha value is -1.42. The van der Waals surface area contributed by atoms with Crippen molar-refractivity contribution in [1.29, 1.82) is 0 Å². The van der Waals surface area contributed by atoms with Crippen LogP contribution in [-0.2, 0) is 0 Å². The van der Waals surface area contributed by atoms with Crippen LogP contribution in [0.15, 0.2) is 18.5 Å². The molecule has 3 rings (SSSR count). The van der Waals surface area contributed by atoms with Crippen molar-refractivity contribution in [2.24, 2.45) is 0 Å². The second-order valence-electron chi connectivity index (χ2n) is 3.97. The number of hydrogen-bond donors (Lipinski definition) is 1. The van der Waals surface area contributed by atoms with Crippen molar-refractivity contribution in [3.05, 3.63) is 24.0 Å². The lowest BCUT2D eigenvalue weighted by Crippen LogP contribution is -1.97. The second kappa shape index (κ2) is 3.87. The highest BCUT2D eigenvalue weighted by Crippen LogP contribution is 2.44. The van der Waals surface area contributed by atoms with Crippen molar-refractivity contribution in [3.63, 3.8) is 0 Å². The summed E-state index contributed by atoms with van der Waals surface area (Å²) >= 11 is 0. The molecule has 86 valence electrons. The van der Waals surface area contributed by atoms with E-state index in [0.29, 0.717) is 11.6 Å². The maximum atomic E-state index is 5.88. The van der Waals surface area contributed by atoms with Crippen LogP contribution in [0.1, 0.15) is 24.3 Å². The highest BCUT2D eigenvalue weighted by molar-refractivity contribution is 5.85. The number of rotatable bonds is 2. The minimum atomic E-state index is 0. The lowest BCUT2D eigenvalue weighted by molar-refractivity contribution is 0.419. The molecule has 0 saturated heterocycles. The van der Waals surface area contributed by atoms with Crippen molar-refractivity contribution in [3.8, 4) is 5.75 Å². The third-order valence-corrected chi connectivity index (χ3v) is 2.92.